The van der Waals surface area contributed by atoms with Crippen molar-refractivity contribution in [3.8, 4) is 0 Å². The van der Waals surface area contributed by atoms with E-state index in [9.17, 15) is 4.79 Å². The Labute approximate surface area is 178 Å². The van der Waals surface area contributed by atoms with Gasteiger partial charge in [-0.2, -0.15) is 0 Å². The van der Waals surface area contributed by atoms with Crippen LogP contribution in [0.2, 0.25) is 0 Å². The van der Waals surface area contributed by atoms with Crippen molar-refractivity contribution in [2.45, 2.75) is 72.6 Å². The SMILES string of the molecule is CCCN1CCN(c2ccc(C(=O)OC)cc2C(C)(C)CC(C)(C)CCC)CC1. The number of methoxy groups -OCH3 is 1. The van der Waals surface area contributed by atoms with Crippen molar-refractivity contribution in [2.24, 2.45) is 5.41 Å². The summed E-state index contributed by atoms with van der Waals surface area (Å²) in [6.07, 6.45) is 4.69. The van der Waals surface area contributed by atoms with E-state index in [1.165, 1.54) is 44.2 Å². The lowest BCUT2D eigenvalue weighted by atomic mass is 9.69. The molecule has 1 saturated heterocycles. The lowest BCUT2D eigenvalue weighted by Crippen LogP contribution is -2.47. The summed E-state index contributed by atoms with van der Waals surface area (Å²) in [5.74, 6) is -0.255. The van der Waals surface area contributed by atoms with Crippen LogP contribution in [0.3, 0.4) is 0 Å². The highest BCUT2D eigenvalue weighted by molar-refractivity contribution is 5.90. The van der Waals surface area contributed by atoms with Gasteiger partial charge in [0.1, 0.15) is 0 Å². The highest BCUT2D eigenvalue weighted by atomic mass is 16.5. The summed E-state index contributed by atoms with van der Waals surface area (Å²) < 4.78 is 5.01. The number of esters is 1. The maximum atomic E-state index is 12.2. The van der Waals surface area contributed by atoms with Crippen molar-refractivity contribution < 1.29 is 9.53 Å². The summed E-state index contributed by atoms with van der Waals surface area (Å²) in [6.45, 7) is 19.4. The third-order valence-electron chi connectivity index (χ3n) is 6.25. The number of rotatable bonds is 9. The Morgan fingerprint density at radius 1 is 1.03 bits per heavy atom. The first kappa shape index (κ1) is 23.7. The van der Waals surface area contributed by atoms with Gasteiger partial charge in [-0.3, -0.25) is 4.90 Å². The molecule has 0 aliphatic carbocycles. The Kier molecular flexibility index (Phi) is 8.16. The smallest absolute Gasteiger partial charge is 0.337 e. The van der Waals surface area contributed by atoms with Gasteiger partial charge in [-0.15, -0.1) is 0 Å². The number of carbonyl (C=O) groups excluding carboxylic acids is 1. The van der Waals surface area contributed by atoms with Crippen molar-refractivity contribution >= 4 is 11.7 Å². The van der Waals surface area contributed by atoms with Gasteiger partial charge in [-0.25, -0.2) is 4.79 Å². The number of carbonyl (C=O) groups is 1. The van der Waals surface area contributed by atoms with E-state index >= 15 is 0 Å². The second-order valence-corrected chi connectivity index (χ2v) is 10.0. The van der Waals surface area contributed by atoms with Gasteiger partial charge in [-0.1, -0.05) is 48.0 Å². The molecule has 1 aliphatic rings. The van der Waals surface area contributed by atoms with Crippen LogP contribution < -0.4 is 4.90 Å². The molecule has 0 unspecified atom stereocenters. The number of hydrogen-bond donors (Lipinski definition) is 0. The second kappa shape index (κ2) is 9.97. The predicted molar refractivity (Wildman–Crippen MR) is 123 cm³/mol. The third-order valence-corrected chi connectivity index (χ3v) is 6.25. The fourth-order valence-corrected chi connectivity index (χ4v) is 5.18. The minimum absolute atomic E-state index is 0.0292. The van der Waals surface area contributed by atoms with E-state index in [1.54, 1.807) is 0 Å². The van der Waals surface area contributed by atoms with Gasteiger partial charge in [0.25, 0.3) is 0 Å². The molecule has 4 heteroatoms. The molecule has 0 aromatic heterocycles. The Balaban J connectivity index is 2.37. The number of anilines is 1. The van der Waals surface area contributed by atoms with Crippen LogP contribution in [-0.4, -0.2) is 50.7 Å². The molecule has 0 amide bonds. The van der Waals surface area contributed by atoms with Gasteiger partial charge in [0.2, 0.25) is 0 Å². The van der Waals surface area contributed by atoms with E-state index in [1.807, 2.05) is 6.07 Å². The van der Waals surface area contributed by atoms with Gasteiger partial charge in [0, 0.05) is 31.9 Å². The van der Waals surface area contributed by atoms with Crippen LogP contribution >= 0.6 is 0 Å². The second-order valence-electron chi connectivity index (χ2n) is 10.0. The Morgan fingerprint density at radius 2 is 1.69 bits per heavy atom. The molecule has 0 N–H and O–H groups in total. The molecule has 164 valence electrons. The van der Waals surface area contributed by atoms with Gasteiger partial charge < -0.3 is 9.64 Å². The van der Waals surface area contributed by atoms with Gasteiger partial charge in [-0.05, 0) is 60.4 Å². The number of hydrogen-bond acceptors (Lipinski definition) is 4. The lowest BCUT2D eigenvalue weighted by molar-refractivity contribution is 0.0600. The molecule has 4 nitrogen and oxygen atoms in total. The molecular formula is C25H42N2O2. The maximum Gasteiger partial charge on any atom is 0.337 e. The predicted octanol–water partition coefficient (Wildman–Crippen LogP) is 5.50. The number of benzene rings is 1. The minimum atomic E-state index is -0.255. The van der Waals surface area contributed by atoms with E-state index < -0.39 is 0 Å². The summed E-state index contributed by atoms with van der Waals surface area (Å²) >= 11 is 0. The monoisotopic (exact) mass is 402 g/mol. The third kappa shape index (κ3) is 6.21. The standard InChI is InChI=1S/C25H42N2O2/c1-8-12-24(3,4)19-25(5,6)21-18-20(23(28)29-7)10-11-22(21)27-16-14-26(13-9-2)15-17-27/h10-11,18H,8-9,12-17,19H2,1-7H3. The fourth-order valence-electron chi connectivity index (χ4n) is 5.18. The average Bonchev–Trinajstić information content (AvgIpc) is 2.67. The van der Waals surface area contributed by atoms with Crippen LogP contribution in [0, 0.1) is 5.41 Å². The van der Waals surface area contributed by atoms with Gasteiger partial charge in [0.15, 0.2) is 0 Å². The topological polar surface area (TPSA) is 32.8 Å². The average molecular weight is 403 g/mol. The molecule has 0 atom stereocenters. The zero-order chi connectivity index (χ0) is 21.7. The fraction of sp³-hybridized carbons (Fsp3) is 0.720. The van der Waals surface area contributed by atoms with Crippen LogP contribution in [0.25, 0.3) is 0 Å². The molecular weight excluding hydrogens is 360 g/mol. The van der Waals surface area contributed by atoms with Crippen molar-refractivity contribution in [1.29, 1.82) is 0 Å². The molecule has 0 spiro atoms. The molecule has 1 fully saturated rings. The van der Waals surface area contributed by atoms with Crippen LogP contribution in [-0.2, 0) is 10.2 Å². The summed E-state index contributed by atoms with van der Waals surface area (Å²) in [7, 11) is 1.46. The quantitative estimate of drug-likeness (QED) is 0.511. The molecule has 1 aromatic carbocycles. The van der Waals surface area contributed by atoms with E-state index in [-0.39, 0.29) is 16.8 Å². The number of ether oxygens (including phenoxy) is 1. The van der Waals surface area contributed by atoms with Crippen LogP contribution in [0.1, 0.15) is 83.1 Å². The van der Waals surface area contributed by atoms with E-state index in [0.717, 1.165) is 32.6 Å². The van der Waals surface area contributed by atoms with Crippen molar-refractivity contribution in [2.75, 3.05) is 44.7 Å². The maximum absolute atomic E-state index is 12.2. The van der Waals surface area contributed by atoms with E-state index in [0.29, 0.717) is 5.56 Å². The summed E-state index contributed by atoms with van der Waals surface area (Å²) in [5.41, 5.74) is 3.44. The molecule has 1 aromatic rings. The molecule has 0 saturated carbocycles. The molecule has 29 heavy (non-hydrogen) atoms. The summed E-state index contributed by atoms with van der Waals surface area (Å²) in [4.78, 5) is 17.3. The Morgan fingerprint density at radius 3 is 2.24 bits per heavy atom. The van der Waals surface area contributed by atoms with Crippen LogP contribution in [0.5, 0.6) is 0 Å². The normalized spacial score (nSPS) is 16.2. The zero-order valence-electron chi connectivity index (χ0n) is 19.8. The van der Waals surface area contributed by atoms with Crippen LogP contribution in [0.4, 0.5) is 5.69 Å². The van der Waals surface area contributed by atoms with Crippen molar-refractivity contribution in [3.05, 3.63) is 29.3 Å². The lowest BCUT2D eigenvalue weighted by Gasteiger charge is -2.41. The molecule has 0 radical (unpaired) electrons. The van der Waals surface area contributed by atoms with Crippen LogP contribution in [0.15, 0.2) is 18.2 Å². The van der Waals surface area contributed by atoms with Crippen molar-refractivity contribution in [1.82, 2.24) is 4.90 Å². The first-order valence-corrected chi connectivity index (χ1v) is 11.3. The highest BCUT2D eigenvalue weighted by Gasteiger charge is 2.33. The van der Waals surface area contributed by atoms with Gasteiger partial charge in [0.05, 0.1) is 12.7 Å². The summed E-state index contributed by atoms with van der Waals surface area (Å²) in [6, 6.07) is 6.16. The Hall–Kier alpha value is -1.55. The Bertz CT molecular complexity index is 673. The van der Waals surface area contributed by atoms with Gasteiger partial charge >= 0.3 is 5.97 Å². The molecule has 1 aliphatic heterocycles. The zero-order valence-corrected chi connectivity index (χ0v) is 19.8. The first-order chi connectivity index (χ1) is 13.6. The minimum Gasteiger partial charge on any atom is -0.465 e. The largest absolute Gasteiger partial charge is 0.465 e. The first-order valence-electron chi connectivity index (χ1n) is 11.3. The molecule has 2 rings (SSSR count). The molecule has 1 heterocycles. The number of nitrogens with zero attached hydrogens (tertiary/aromatic N) is 2. The van der Waals surface area contributed by atoms with Crippen molar-refractivity contribution in [3.63, 3.8) is 0 Å². The highest BCUT2D eigenvalue weighted by Crippen LogP contribution is 2.43. The van der Waals surface area contributed by atoms with E-state index in [2.05, 4.69) is 63.5 Å². The van der Waals surface area contributed by atoms with E-state index in [4.69, 9.17) is 4.74 Å². The number of piperazine rings is 1. The summed E-state index contributed by atoms with van der Waals surface area (Å²) in [5, 5.41) is 0. The molecule has 0 bridgehead atoms.